The zero-order valence-corrected chi connectivity index (χ0v) is 21.5. The van der Waals surface area contributed by atoms with Crippen molar-refractivity contribution >= 4 is 39.5 Å². The van der Waals surface area contributed by atoms with E-state index in [1.807, 2.05) is 48.2 Å². The predicted octanol–water partition coefficient (Wildman–Crippen LogP) is 0.582. The number of amides is 1. The van der Waals surface area contributed by atoms with Crippen molar-refractivity contribution in [2.24, 2.45) is 0 Å². The number of anilines is 1. The third-order valence-corrected chi connectivity index (χ3v) is 6.45. The molecule has 34 heavy (non-hydrogen) atoms. The number of nitrogens with zero attached hydrogens (tertiary/aromatic N) is 4. The minimum Gasteiger partial charge on any atom is -0.480 e. The third-order valence-electron chi connectivity index (χ3n) is 5.94. The van der Waals surface area contributed by atoms with Gasteiger partial charge in [0.15, 0.2) is 0 Å². The molecule has 0 saturated carbocycles. The molecule has 2 rings (SSSR count). The van der Waals surface area contributed by atoms with Crippen molar-refractivity contribution < 1.29 is 24.6 Å². The molecule has 0 bridgehead atoms. The largest absolute Gasteiger partial charge is 0.480 e. The summed E-state index contributed by atoms with van der Waals surface area (Å²) < 4.78 is 0. The van der Waals surface area contributed by atoms with Gasteiger partial charge in [0.1, 0.15) is 0 Å². The molecule has 0 aromatic heterocycles. The molecule has 0 aliphatic carbocycles. The second kappa shape index (κ2) is 14.4. The van der Waals surface area contributed by atoms with Crippen LogP contribution < -0.4 is 5.32 Å². The lowest BCUT2D eigenvalue weighted by Crippen LogP contribution is -2.52. The Morgan fingerprint density at radius 1 is 0.912 bits per heavy atom. The molecule has 11 heteroatoms. The monoisotopic (exact) mass is 541 g/mol. The van der Waals surface area contributed by atoms with Gasteiger partial charge >= 0.3 is 11.9 Å². The van der Waals surface area contributed by atoms with Crippen LogP contribution in [0.2, 0.25) is 0 Å². The minimum atomic E-state index is -0.905. The summed E-state index contributed by atoms with van der Waals surface area (Å²) >= 11 is 3.13. The summed E-state index contributed by atoms with van der Waals surface area (Å²) in [7, 11) is 4.06. The van der Waals surface area contributed by atoms with E-state index in [-0.39, 0.29) is 30.4 Å². The standard InChI is InChI=1S/C23H36BrN5O5/c1-26-7-8-27(2)10-12-29(17-23(33)34)20(15-28(11-9-26)16-22(31)32)13-18-3-5-19(6-4-18)25-21(30)14-24/h3-6,20H,7-17H2,1-2H3,(H,25,30)(H,31,32)(H,33,34)/t20-/m0/s1. The van der Waals surface area contributed by atoms with Crippen molar-refractivity contribution in [3.63, 3.8) is 0 Å². The molecule has 1 saturated heterocycles. The molecule has 1 heterocycles. The van der Waals surface area contributed by atoms with Gasteiger partial charge in [-0.25, -0.2) is 0 Å². The van der Waals surface area contributed by atoms with Gasteiger partial charge in [-0.1, -0.05) is 28.1 Å². The van der Waals surface area contributed by atoms with E-state index >= 15 is 0 Å². The third kappa shape index (κ3) is 10.5. The second-order valence-corrected chi connectivity index (χ2v) is 9.40. The number of likely N-dealkylation sites (N-methyl/N-ethyl adjacent to an activating group) is 2. The lowest BCUT2D eigenvalue weighted by Gasteiger charge is -2.37. The molecular weight excluding hydrogens is 506 g/mol. The molecule has 190 valence electrons. The number of benzene rings is 1. The normalized spacial score (nSPS) is 20.3. The maximum Gasteiger partial charge on any atom is 0.317 e. The van der Waals surface area contributed by atoms with Crippen molar-refractivity contribution in [1.29, 1.82) is 0 Å². The number of nitrogens with one attached hydrogen (secondary N) is 1. The lowest BCUT2D eigenvalue weighted by atomic mass is 10.0. The summed E-state index contributed by atoms with van der Waals surface area (Å²) in [5, 5.41) is 22.0. The van der Waals surface area contributed by atoms with Crippen molar-refractivity contribution in [1.82, 2.24) is 19.6 Å². The highest BCUT2D eigenvalue weighted by Gasteiger charge is 2.26. The van der Waals surface area contributed by atoms with E-state index in [1.165, 1.54) is 0 Å². The Hall–Kier alpha value is -2.05. The molecule has 1 aliphatic rings. The van der Waals surface area contributed by atoms with E-state index in [0.717, 1.165) is 25.2 Å². The van der Waals surface area contributed by atoms with Crippen LogP contribution in [-0.4, -0.2) is 132 Å². The number of alkyl halides is 1. The first-order valence-corrected chi connectivity index (χ1v) is 12.5. The van der Waals surface area contributed by atoms with E-state index in [9.17, 15) is 24.6 Å². The van der Waals surface area contributed by atoms with Gasteiger partial charge in [0.25, 0.3) is 0 Å². The summed E-state index contributed by atoms with van der Waals surface area (Å²) in [4.78, 5) is 43.1. The zero-order valence-electron chi connectivity index (χ0n) is 20.0. The summed E-state index contributed by atoms with van der Waals surface area (Å²) in [5.74, 6) is -1.94. The lowest BCUT2D eigenvalue weighted by molar-refractivity contribution is -0.141. The fourth-order valence-corrected chi connectivity index (χ4v) is 4.10. The van der Waals surface area contributed by atoms with Crippen LogP contribution in [0.3, 0.4) is 0 Å². The van der Waals surface area contributed by atoms with E-state index in [4.69, 9.17) is 0 Å². The number of hydrogen-bond acceptors (Lipinski definition) is 7. The molecule has 0 spiro atoms. The smallest absolute Gasteiger partial charge is 0.317 e. The summed E-state index contributed by atoms with van der Waals surface area (Å²) in [6.07, 6.45) is 0.565. The fourth-order valence-electron chi connectivity index (χ4n) is 3.96. The quantitative estimate of drug-likeness (QED) is 0.406. The highest BCUT2D eigenvalue weighted by atomic mass is 79.9. The molecule has 1 aromatic carbocycles. The van der Waals surface area contributed by atoms with Gasteiger partial charge < -0.3 is 25.3 Å². The average Bonchev–Trinajstić information content (AvgIpc) is 2.78. The van der Waals surface area contributed by atoms with E-state index in [0.29, 0.717) is 38.3 Å². The Balaban J connectivity index is 2.28. The Labute approximate surface area is 209 Å². The van der Waals surface area contributed by atoms with Crippen LogP contribution in [0.4, 0.5) is 5.69 Å². The molecule has 3 N–H and O–H groups in total. The van der Waals surface area contributed by atoms with Gasteiger partial charge in [0.2, 0.25) is 5.91 Å². The highest BCUT2D eigenvalue weighted by molar-refractivity contribution is 9.09. The van der Waals surface area contributed by atoms with Crippen LogP contribution in [0.5, 0.6) is 0 Å². The Kier molecular flexibility index (Phi) is 11.9. The van der Waals surface area contributed by atoms with Gasteiger partial charge in [0.05, 0.1) is 18.4 Å². The van der Waals surface area contributed by atoms with Crippen LogP contribution in [0.25, 0.3) is 0 Å². The van der Waals surface area contributed by atoms with Crippen molar-refractivity contribution in [3.05, 3.63) is 29.8 Å². The molecule has 1 fully saturated rings. The number of carbonyl (C=O) groups is 3. The zero-order chi connectivity index (χ0) is 25.1. The Morgan fingerprint density at radius 3 is 2.03 bits per heavy atom. The SMILES string of the molecule is CN1CCN(C)CCN(CC(=O)O)[C@@H](Cc2ccc(NC(=O)CBr)cc2)CN(CC(=O)O)CC1. The number of hydrogen-bond donors (Lipinski definition) is 3. The van der Waals surface area contributed by atoms with E-state index in [1.54, 1.807) is 0 Å². The number of carboxylic acids is 2. The molecular formula is C23H36BrN5O5. The van der Waals surface area contributed by atoms with Gasteiger partial charge in [-0.3, -0.25) is 24.2 Å². The van der Waals surface area contributed by atoms with Gasteiger partial charge in [-0.05, 0) is 38.2 Å². The van der Waals surface area contributed by atoms with Crippen LogP contribution in [-0.2, 0) is 20.8 Å². The Morgan fingerprint density at radius 2 is 1.47 bits per heavy atom. The summed E-state index contributed by atoms with van der Waals surface area (Å²) in [6, 6.07) is 7.30. The second-order valence-electron chi connectivity index (χ2n) is 8.84. The maximum atomic E-state index is 11.7. The van der Waals surface area contributed by atoms with Crippen molar-refractivity contribution in [2.75, 3.05) is 83.6 Å². The summed E-state index contributed by atoms with van der Waals surface area (Å²) in [6.45, 7) is 4.54. The number of carbonyl (C=O) groups excluding carboxylic acids is 1. The first-order valence-electron chi connectivity index (χ1n) is 11.4. The predicted molar refractivity (Wildman–Crippen MR) is 135 cm³/mol. The molecule has 10 nitrogen and oxygen atoms in total. The van der Waals surface area contributed by atoms with Crippen LogP contribution in [0.1, 0.15) is 5.56 Å². The minimum absolute atomic E-state index is 0.0946. The summed E-state index contributed by atoms with van der Waals surface area (Å²) in [5.41, 5.74) is 1.68. The number of halogens is 1. The highest BCUT2D eigenvalue weighted by Crippen LogP contribution is 2.16. The molecule has 0 unspecified atom stereocenters. The van der Waals surface area contributed by atoms with E-state index < -0.39 is 11.9 Å². The van der Waals surface area contributed by atoms with Gasteiger partial charge in [-0.15, -0.1) is 0 Å². The first-order chi connectivity index (χ1) is 16.2. The van der Waals surface area contributed by atoms with Gasteiger partial charge in [-0.2, -0.15) is 0 Å². The van der Waals surface area contributed by atoms with Crippen LogP contribution in [0.15, 0.2) is 24.3 Å². The average molecular weight is 542 g/mol. The number of aliphatic carboxylic acids is 2. The number of rotatable bonds is 8. The van der Waals surface area contributed by atoms with Crippen LogP contribution >= 0.6 is 15.9 Å². The van der Waals surface area contributed by atoms with Crippen molar-refractivity contribution in [2.45, 2.75) is 12.5 Å². The van der Waals surface area contributed by atoms with Crippen molar-refractivity contribution in [3.8, 4) is 0 Å². The maximum absolute atomic E-state index is 11.7. The topological polar surface area (TPSA) is 117 Å². The molecule has 1 atom stereocenters. The van der Waals surface area contributed by atoms with Gasteiger partial charge in [0, 0.05) is 57.5 Å². The molecule has 1 aromatic rings. The Bertz CT molecular complexity index is 809. The molecule has 1 amide bonds. The van der Waals surface area contributed by atoms with E-state index in [2.05, 4.69) is 31.0 Å². The molecule has 0 radical (unpaired) electrons. The molecule has 1 aliphatic heterocycles. The fraction of sp³-hybridized carbons (Fsp3) is 0.609. The number of carboxylic acid groups (broad SMARTS) is 2. The first kappa shape index (κ1) is 28.2. The van der Waals surface area contributed by atoms with Crippen LogP contribution in [0, 0.1) is 0 Å².